The SMILES string of the molecule is CCCNc1cncc(NCCC2CCC2)c1. The van der Waals surface area contributed by atoms with Gasteiger partial charge in [0.25, 0.3) is 0 Å². The van der Waals surface area contributed by atoms with Gasteiger partial charge in [0.1, 0.15) is 0 Å². The molecule has 2 rings (SSSR count). The van der Waals surface area contributed by atoms with Gasteiger partial charge in [-0.3, -0.25) is 4.98 Å². The van der Waals surface area contributed by atoms with Gasteiger partial charge in [0.05, 0.1) is 23.8 Å². The van der Waals surface area contributed by atoms with Crippen LogP contribution in [0.4, 0.5) is 11.4 Å². The van der Waals surface area contributed by atoms with Crippen molar-refractivity contribution in [1.29, 1.82) is 0 Å². The summed E-state index contributed by atoms with van der Waals surface area (Å²) < 4.78 is 0. The zero-order valence-electron chi connectivity index (χ0n) is 10.7. The maximum atomic E-state index is 4.24. The van der Waals surface area contributed by atoms with Crippen LogP contribution in [-0.4, -0.2) is 18.1 Å². The highest BCUT2D eigenvalue weighted by molar-refractivity contribution is 5.53. The first-order chi connectivity index (χ1) is 8.38. The number of nitrogens with one attached hydrogen (secondary N) is 2. The number of nitrogens with zero attached hydrogens (tertiary/aromatic N) is 1. The van der Waals surface area contributed by atoms with Crippen molar-refractivity contribution in [3.05, 3.63) is 18.5 Å². The zero-order chi connectivity index (χ0) is 11.9. The van der Waals surface area contributed by atoms with Crippen molar-refractivity contribution in [2.45, 2.75) is 39.0 Å². The Hall–Kier alpha value is -1.25. The fourth-order valence-electron chi connectivity index (χ4n) is 2.10. The van der Waals surface area contributed by atoms with Crippen molar-refractivity contribution in [3.63, 3.8) is 0 Å². The van der Waals surface area contributed by atoms with Crippen molar-refractivity contribution in [3.8, 4) is 0 Å². The zero-order valence-corrected chi connectivity index (χ0v) is 10.7. The summed E-state index contributed by atoms with van der Waals surface area (Å²) in [6, 6.07) is 2.14. The van der Waals surface area contributed by atoms with Gasteiger partial charge in [-0.1, -0.05) is 26.2 Å². The normalized spacial score (nSPS) is 15.4. The third-order valence-corrected chi connectivity index (χ3v) is 3.42. The lowest BCUT2D eigenvalue weighted by Gasteiger charge is -2.25. The molecule has 1 heterocycles. The Morgan fingerprint density at radius 3 is 2.47 bits per heavy atom. The van der Waals surface area contributed by atoms with E-state index < -0.39 is 0 Å². The highest BCUT2D eigenvalue weighted by Gasteiger charge is 2.16. The number of rotatable bonds is 7. The summed E-state index contributed by atoms with van der Waals surface area (Å²) in [6.45, 7) is 4.25. The molecular formula is C14H23N3. The predicted octanol–water partition coefficient (Wildman–Crippen LogP) is 3.51. The topological polar surface area (TPSA) is 37.0 Å². The summed E-state index contributed by atoms with van der Waals surface area (Å²) >= 11 is 0. The van der Waals surface area contributed by atoms with E-state index in [0.29, 0.717) is 0 Å². The first-order valence-corrected chi connectivity index (χ1v) is 6.81. The number of aromatic nitrogens is 1. The number of pyridine rings is 1. The van der Waals surface area contributed by atoms with E-state index in [1.807, 2.05) is 12.4 Å². The molecule has 0 saturated heterocycles. The smallest absolute Gasteiger partial charge is 0.0547 e. The molecule has 0 amide bonds. The average Bonchev–Trinajstić information content (AvgIpc) is 2.30. The fourth-order valence-corrected chi connectivity index (χ4v) is 2.10. The van der Waals surface area contributed by atoms with E-state index in [1.165, 1.54) is 25.7 Å². The molecule has 1 aromatic rings. The van der Waals surface area contributed by atoms with Crippen molar-refractivity contribution >= 4 is 11.4 Å². The van der Waals surface area contributed by atoms with E-state index in [2.05, 4.69) is 28.6 Å². The van der Waals surface area contributed by atoms with Crippen LogP contribution in [0.15, 0.2) is 18.5 Å². The first kappa shape index (κ1) is 12.2. The largest absolute Gasteiger partial charge is 0.384 e. The van der Waals surface area contributed by atoms with Gasteiger partial charge in [-0.2, -0.15) is 0 Å². The molecule has 0 atom stereocenters. The molecule has 0 unspecified atom stereocenters. The molecule has 94 valence electrons. The molecule has 0 radical (unpaired) electrons. The molecule has 1 fully saturated rings. The molecule has 1 saturated carbocycles. The maximum absolute atomic E-state index is 4.24. The van der Waals surface area contributed by atoms with Crippen LogP contribution >= 0.6 is 0 Å². The van der Waals surface area contributed by atoms with Crippen LogP contribution in [0.5, 0.6) is 0 Å². The lowest BCUT2D eigenvalue weighted by Crippen LogP contribution is -2.15. The van der Waals surface area contributed by atoms with E-state index in [1.54, 1.807) is 0 Å². The Balaban J connectivity index is 1.74. The van der Waals surface area contributed by atoms with Gasteiger partial charge in [0, 0.05) is 13.1 Å². The second kappa shape index (κ2) is 6.48. The van der Waals surface area contributed by atoms with Gasteiger partial charge in [-0.05, 0) is 24.8 Å². The third kappa shape index (κ3) is 3.91. The minimum atomic E-state index is 0.969. The lowest BCUT2D eigenvalue weighted by molar-refractivity contribution is 0.303. The first-order valence-electron chi connectivity index (χ1n) is 6.81. The molecule has 17 heavy (non-hydrogen) atoms. The fraction of sp³-hybridized carbons (Fsp3) is 0.643. The Morgan fingerprint density at radius 1 is 1.18 bits per heavy atom. The van der Waals surface area contributed by atoms with Gasteiger partial charge in [0.2, 0.25) is 0 Å². The molecule has 2 N–H and O–H groups in total. The Morgan fingerprint density at radius 2 is 1.88 bits per heavy atom. The van der Waals surface area contributed by atoms with Crippen LogP contribution < -0.4 is 10.6 Å². The minimum Gasteiger partial charge on any atom is -0.384 e. The van der Waals surface area contributed by atoms with Gasteiger partial charge < -0.3 is 10.6 Å². The quantitative estimate of drug-likeness (QED) is 0.756. The second-order valence-electron chi connectivity index (χ2n) is 4.90. The Labute approximate surface area is 104 Å². The van der Waals surface area contributed by atoms with Crippen LogP contribution in [-0.2, 0) is 0 Å². The molecule has 1 aromatic heterocycles. The molecule has 0 aliphatic heterocycles. The summed E-state index contributed by atoms with van der Waals surface area (Å²) in [4.78, 5) is 4.24. The third-order valence-electron chi connectivity index (χ3n) is 3.42. The van der Waals surface area contributed by atoms with Crippen LogP contribution in [0, 0.1) is 5.92 Å². The number of anilines is 2. The number of hydrogen-bond acceptors (Lipinski definition) is 3. The summed E-state index contributed by atoms with van der Waals surface area (Å²) in [7, 11) is 0. The monoisotopic (exact) mass is 233 g/mol. The van der Waals surface area contributed by atoms with Crippen molar-refractivity contribution in [2.75, 3.05) is 23.7 Å². The standard InChI is InChI=1S/C14H23N3/c1-2-7-16-13-9-14(11-15-10-13)17-8-6-12-4-3-5-12/h9-12,16-17H,2-8H2,1H3. The summed E-state index contributed by atoms with van der Waals surface area (Å²) in [5.41, 5.74) is 2.24. The number of hydrogen-bond donors (Lipinski definition) is 2. The van der Waals surface area contributed by atoms with Gasteiger partial charge in [-0.15, -0.1) is 0 Å². The second-order valence-corrected chi connectivity index (χ2v) is 4.90. The van der Waals surface area contributed by atoms with E-state index >= 15 is 0 Å². The van der Waals surface area contributed by atoms with E-state index in [0.717, 1.165) is 36.8 Å². The maximum Gasteiger partial charge on any atom is 0.0547 e. The van der Waals surface area contributed by atoms with Gasteiger partial charge >= 0.3 is 0 Å². The predicted molar refractivity (Wildman–Crippen MR) is 73.5 cm³/mol. The molecule has 0 bridgehead atoms. The molecule has 1 aliphatic carbocycles. The summed E-state index contributed by atoms with van der Waals surface area (Å²) in [5, 5.41) is 6.81. The summed E-state index contributed by atoms with van der Waals surface area (Å²) in [5.74, 6) is 0.969. The van der Waals surface area contributed by atoms with Crippen LogP contribution in [0.1, 0.15) is 39.0 Å². The van der Waals surface area contributed by atoms with Crippen LogP contribution in [0.25, 0.3) is 0 Å². The van der Waals surface area contributed by atoms with Gasteiger partial charge in [-0.25, -0.2) is 0 Å². The van der Waals surface area contributed by atoms with Crippen molar-refractivity contribution < 1.29 is 0 Å². The highest BCUT2D eigenvalue weighted by Crippen LogP contribution is 2.29. The summed E-state index contributed by atoms with van der Waals surface area (Å²) in [6.07, 6.45) is 10.5. The minimum absolute atomic E-state index is 0.969. The Kier molecular flexibility index (Phi) is 4.65. The van der Waals surface area contributed by atoms with Crippen molar-refractivity contribution in [1.82, 2.24) is 4.98 Å². The van der Waals surface area contributed by atoms with Crippen LogP contribution in [0.2, 0.25) is 0 Å². The highest BCUT2D eigenvalue weighted by atomic mass is 14.9. The lowest BCUT2D eigenvalue weighted by atomic mass is 9.83. The molecular weight excluding hydrogens is 210 g/mol. The van der Waals surface area contributed by atoms with E-state index in [4.69, 9.17) is 0 Å². The van der Waals surface area contributed by atoms with Crippen LogP contribution in [0.3, 0.4) is 0 Å². The molecule has 0 aromatic carbocycles. The molecule has 3 heteroatoms. The Bertz CT molecular complexity index is 334. The van der Waals surface area contributed by atoms with E-state index in [9.17, 15) is 0 Å². The van der Waals surface area contributed by atoms with Gasteiger partial charge in [0.15, 0.2) is 0 Å². The average molecular weight is 233 g/mol. The molecule has 1 aliphatic rings. The van der Waals surface area contributed by atoms with E-state index in [-0.39, 0.29) is 0 Å². The molecule has 0 spiro atoms. The van der Waals surface area contributed by atoms with Crippen molar-refractivity contribution in [2.24, 2.45) is 5.92 Å². The molecule has 3 nitrogen and oxygen atoms in total.